The molecule has 1 atom stereocenters. The maximum atomic E-state index is 12.5. The van der Waals surface area contributed by atoms with Gasteiger partial charge in [-0.05, 0) is 61.4 Å². The van der Waals surface area contributed by atoms with Gasteiger partial charge in [0.25, 0.3) is 5.91 Å². The fourth-order valence-corrected chi connectivity index (χ4v) is 4.07. The van der Waals surface area contributed by atoms with E-state index in [1.54, 1.807) is 23.0 Å². The van der Waals surface area contributed by atoms with Gasteiger partial charge in [0.05, 0.1) is 16.6 Å². The Labute approximate surface area is 170 Å². The second kappa shape index (κ2) is 7.39. The standard InChI is InChI=1S/C22H27N5O2/c1-22(2)10-4-6-15(13-22)29-21-16-9-8-14(12-18(16)27(3)26-21)25-20(28)19-17(23)7-5-11-24-19/h5,7-9,11-12,15H,4,6,10,13,23H2,1-3H3,(H,25,28). The summed E-state index contributed by atoms with van der Waals surface area (Å²) in [4.78, 5) is 16.5. The van der Waals surface area contributed by atoms with Gasteiger partial charge in [0.2, 0.25) is 5.88 Å². The summed E-state index contributed by atoms with van der Waals surface area (Å²) >= 11 is 0. The number of rotatable bonds is 4. The van der Waals surface area contributed by atoms with Crippen molar-refractivity contribution in [2.75, 3.05) is 11.1 Å². The van der Waals surface area contributed by atoms with Crippen LogP contribution in [-0.2, 0) is 7.05 Å². The Kier molecular flexibility index (Phi) is 4.90. The number of anilines is 2. The molecule has 0 aliphatic heterocycles. The molecule has 3 aromatic rings. The maximum Gasteiger partial charge on any atom is 0.276 e. The summed E-state index contributed by atoms with van der Waals surface area (Å²) in [5, 5.41) is 8.37. The normalized spacial score (nSPS) is 18.5. The highest BCUT2D eigenvalue weighted by molar-refractivity contribution is 6.06. The molecular formula is C22H27N5O2. The molecule has 0 saturated heterocycles. The number of amides is 1. The molecule has 1 unspecified atom stereocenters. The van der Waals surface area contributed by atoms with Crippen molar-refractivity contribution in [3.63, 3.8) is 0 Å². The van der Waals surface area contributed by atoms with Crippen LogP contribution in [0.3, 0.4) is 0 Å². The van der Waals surface area contributed by atoms with Crippen molar-refractivity contribution in [1.82, 2.24) is 14.8 Å². The minimum Gasteiger partial charge on any atom is -0.473 e. The predicted octanol–water partition coefficient (Wildman–Crippen LogP) is 4.15. The molecule has 1 aromatic carbocycles. The summed E-state index contributed by atoms with van der Waals surface area (Å²) in [6, 6.07) is 9.02. The second-order valence-electron chi connectivity index (χ2n) is 8.56. The van der Waals surface area contributed by atoms with Crippen molar-refractivity contribution < 1.29 is 9.53 Å². The fraction of sp³-hybridized carbons (Fsp3) is 0.409. The molecule has 2 aromatic heterocycles. The van der Waals surface area contributed by atoms with Crippen molar-refractivity contribution in [2.24, 2.45) is 12.5 Å². The maximum absolute atomic E-state index is 12.5. The average molecular weight is 393 g/mol. The van der Waals surface area contributed by atoms with E-state index in [9.17, 15) is 4.79 Å². The predicted molar refractivity (Wildman–Crippen MR) is 114 cm³/mol. The molecule has 0 bridgehead atoms. The number of fused-ring (bicyclic) bond motifs is 1. The lowest BCUT2D eigenvalue weighted by Crippen LogP contribution is -2.30. The SMILES string of the molecule is Cn1nc(OC2CCCC(C)(C)C2)c2ccc(NC(=O)c3ncccc3N)cc21. The van der Waals surface area contributed by atoms with Crippen LogP contribution in [0.5, 0.6) is 5.88 Å². The van der Waals surface area contributed by atoms with Crippen molar-refractivity contribution in [3.05, 3.63) is 42.2 Å². The van der Waals surface area contributed by atoms with Crippen LogP contribution >= 0.6 is 0 Å². The molecule has 1 fully saturated rings. The molecule has 1 saturated carbocycles. The number of hydrogen-bond acceptors (Lipinski definition) is 5. The van der Waals surface area contributed by atoms with E-state index in [-0.39, 0.29) is 17.7 Å². The molecule has 0 spiro atoms. The lowest BCUT2D eigenvalue weighted by Gasteiger charge is -2.34. The van der Waals surface area contributed by atoms with E-state index in [1.807, 2.05) is 25.2 Å². The third-order valence-corrected chi connectivity index (χ3v) is 5.57. The fourth-order valence-electron chi connectivity index (χ4n) is 4.07. The molecule has 1 amide bonds. The number of aryl methyl sites for hydroxylation is 1. The molecular weight excluding hydrogens is 366 g/mol. The van der Waals surface area contributed by atoms with Gasteiger partial charge in [0.15, 0.2) is 5.69 Å². The third kappa shape index (κ3) is 4.04. The first-order valence-electron chi connectivity index (χ1n) is 9.98. The molecule has 3 N–H and O–H groups in total. The number of nitrogens with two attached hydrogens (primary N) is 1. The van der Waals surface area contributed by atoms with Crippen LogP contribution < -0.4 is 15.8 Å². The molecule has 0 radical (unpaired) electrons. The van der Waals surface area contributed by atoms with E-state index in [1.165, 1.54) is 12.8 Å². The Balaban J connectivity index is 1.55. The first-order valence-corrected chi connectivity index (χ1v) is 9.98. The van der Waals surface area contributed by atoms with Crippen molar-refractivity contribution in [3.8, 4) is 5.88 Å². The molecule has 4 rings (SSSR count). The average Bonchev–Trinajstić information content (AvgIpc) is 2.96. The van der Waals surface area contributed by atoms with Crippen LogP contribution in [0, 0.1) is 5.41 Å². The van der Waals surface area contributed by atoms with E-state index in [4.69, 9.17) is 10.5 Å². The number of nitrogens with zero attached hydrogens (tertiary/aromatic N) is 3. The highest BCUT2D eigenvalue weighted by atomic mass is 16.5. The van der Waals surface area contributed by atoms with E-state index in [0.29, 0.717) is 22.7 Å². The molecule has 1 aliphatic rings. The summed E-state index contributed by atoms with van der Waals surface area (Å²) < 4.78 is 8.07. The Morgan fingerprint density at radius 1 is 1.34 bits per heavy atom. The summed E-state index contributed by atoms with van der Waals surface area (Å²) in [6.07, 6.45) is 6.23. The Morgan fingerprint density at radius 3 is 2.93 bits per heavy atom. The monoisotopic (exact) mass is 393 g/mol. The van der Waals surface area contributed by atoms with Crippen LogP contribution in [0.25, 0.3) is 10.9 Å². The van der Waals surface area contributed by atoms with Crippen LogP contribution in [0.4, 0.5) is 11.4 Å². The Bertz CT molecular complexity index is 1060. The van der Waals surface area contributed by atoms with Gasteiger partial charge in [-0.2, -0.15) is 0 Å². The van der Waals surface area contributed by atoms with Gasteiger partial charge in [-0.15, -0.1) is 5.10 Å². The molecule has 7 nitrogen and oxygen atoms in total. The lowest BCUT2D eigenvalue weighted by molar-refractivity contribution is 0.0820. The number of ether oxygens (including phenoxy) is 1. The summed E-state index contributed by atoms with van der Waals surface area (Å²) in [5.41, 5.74) is 8.25. The number of nitrogen functional groups attached to an aromatic ring is 1. The zero-order valence-electron chi connectivity index (χ0n) is 17.1. The van der Waals surface area contributed by atoms with E-state index in [2.05, 4.69) is 29.2 Å². The number of aromatic nitrogens is 3. The number of carbonyl (C=O) groups excluding carboxylic acids is 1. The third-order valence-electron chi connectivity index (χ3n) is 5.57. The van der Waals surface area contributed by atoms with Crippen LogP contribution in [0.1, 0.15) is 50.0 Å². The molecule has 1 aliphatic carbocycles. The molecule has 7 heteroatoms. The summed E-state index contributed by atoms with van der Waals surface area (Å²) in [6.45, 7) is 4.59. The summed E-state index contributed by atoms with van der Waals surface area (Å²) in [5.74, 6) is 0.308. The van der Waals surface area contributed by atoms with Crippen molar-refractivity contribution in [2.45, 2.75) is 45.6 Å². The van der Waals surface area contributed by atoms with Crippen LogP contribution in [0.15, 0.2) is 36.5 Å². The minimum absolute atomic E-state index is 0.184. The highest BCUT2D eigenvalue weighted by Gasteiger charge is 2.30. The smallest absolute Gasteiger partial charge is 0.276 e. The van der Waals surface area contributed by atoms with Crippen molar-refractivity contribution in [1.29, 1.82) is 0 Å². The van der Waals surface area contributed by atoms with Crippen molar-refractivity contribution >= 4 is 28.2 Å². The van der Waals surface area contributed by atoms with Gasteiger partial charge < -0.3 is 15.8 Å². The van der Waals surface area contributed by atoms with Gasteiger partial charge in [-0.3, -0.25) is 9.48 Å². The minimum atomic E-state index is -0.342. The summed E-state index contributed by atoms with van der Waals surface area (Å²) in [7, 11) is 1.88. The zero-order chi connectivity index (χ0) is 20.6. The van der Waals surface area contributed by atoms with E-state index in [0.717, 1.165) is 23.7 Å². The molecule has 2 heterocycles. The van der Waals surface area contributed by atoms with E-state index >= 15 is 0 Å². The molecule has 152 valence electrons. The Morgan fingerprint density at radius 2 is 2.17 bits per heavy atom. The van der Waals surface area contributed by atoms with E-state index < -0.39 is 0 Å². The van der Waals surface area contributed by atoms with Gasteiger partial charge in [-0.1, -0.05) is 13.8 Å². The van der Waals surface area contributed by atoms with Crippen LogP contribution in [-0.4, -0.2) is 26.8 Å². The molecule has 29 heavy (non-hydrogen) atoms. The topological polar surface area (TPSA) is 95.1 Å². The number of pyridine rings is 1. The van der Waals surface area contributed by atoms with Gasteiger partial charge in [0, 0.05) is 18.9 Å². The zero-order valence-corrected chi connectivity index (χ0v) is 17.1. The number of nitrogens with one attached hydrogen (secondary N) is 1. The number of hydrogen-bond donors (Lipinski definition) is 2. The second-order valence-corrected chi connectivity index (χ2v) is 8.56. The number of benzene rings is 1. The lowest BCUT2D eigenvalue weighted by atomic mass is 9.76. The van der Waals surface area contributed by atoms with Crippen LogP contribution in [0.2, 0.25) is 0 Å². The first-order chi connectivity index (χ1) is 13.8. The Hall–Kier alpha value is -3.09. The number of carbonyl (C=O) groups is 1. The van der Waals surface area contributed by atoms with Gasteiger partial charge in [0.1, 0.15) is 6.10 Å². The van der Waals surface area contributed by atoms with Gasteiger partial charge in [-0.25, -0.2) is 4.98 Å². The highest BCUT2D eigenvalue weighted by Crippen LogP contribution is 2.38. The first kappa shape index (κ1) is 19.2. The van der Waals surface area contributed by atoms with Gasteiger partial charge >= 0.3 is 0 Å². The largest absolute Gasteiger partial charge is 0.473 e. The quantitative estimate of drug-likeness (QED) is 0.694.